The maximum Gasteiger partial charge on any atom is 0.326 e. The lowest BCUT2D eigenvalue weighted by Gasteiger charge is -2.28. The molecule has 14 heteroatoms. The molecule has 0 aliphatic carbocycles. The number of carboxylic acid groups (broad SMARTS) is 2. The van der Waals surface area contributed by atoms with Crippen molar-refractivity contribution < 1.29 is 34.2 Å². The highest BCUT2D eigenvalue weighted by molar-refractivity contribution is 7.98. The van der Waals surface area contributed by atoms with Crippen molar-refractivity contribution in [1.29, 1.82) is 0 Å². The molecule has 1 heterocycles. The van der Waals surface area contributed by atoms with E-state index in [1.165, 1.54) is 24.3 Å². The first-order chi connectivity index (χ1) is 17.0. The fourth-order valence-electron chi connectivity index (χ4n) is 3.22. The zero-order valence-electron chi connectivity index (χ0n) is 20.7. The van der Waals surface area contributed by atoms with Gasteiger partial charge in [0.1, 0.15) is 18.1 Å². The normalized spacial score (nSPS) is 15.1. The number of hydrogen-bond acceptors (Lipinski definition) is 8. The van der Waals surface area contributed by atoms with Crippen LogP contribution in [-0.4, -0.2) is 86.0 Å². The van der Waals surface area contributed by atoms with Gasteiger partial charge in [0.05, 0.1) is 12.4 Å². The molecule has 1 rings (SSSR count). The first-order valence-electron chi connectivity index (χ1n) is 11.6. The summed E-state index contributed by atoms with van der Waals surface area (Å²) in [5, 5.41) is 26.1. The smallest absolute Gasteiger partial charge is 0.326 e. The number of amides is 3. The lowest BCUT2D eigenvalue weighted by atomic mass is 9.97. The van der Waals surface area contributed by atoms with Crippen molar-refractivity contribution >= 4 is 41.4 Å². The van der Waals surface area contributed by atoms with Gasteiger partial charge in [0.25, 0.3) is 0 Å². The van der Waals surface area contributed by atoms with Crippen molar-refractivity contribution in [3.05, 3.63) is 18.2 Å². The van der Waals surface area contributed by atoms with E-state index in [0.29, 0.717) is 24.3 Å². The Bertz CT molecular complexity index is 882. The van der Waals surface area contributed by atoms with E-state index in [4.69, 9.17) is 10.8 Å². The summed E-state index contributed by atoms with van der Waals surface area (Å²) in [6.07, 6.45) is 4.77. The Morgan fingerprint density at radius 2 is 1.72 bits per heavy atom. The highest BCUT2D eigenvalue weighted by Crippen LogP contribution is 2.11. The van der Waals surface area contributed by atoms with Gasteiger partial charge < -0.3 is 36.9 Å². The predicted octanol–water partition coefficient (Wildman–Crippen LogP) is -0.517. The number of nitrogens with one attached hydrogen (secondary N) is 4. The highest BCUT2D eigenvalue weighted by Gasteiger charge is 2.32. The van der Waals surface area contributed by atoms with E-state index in [9.17, 15) is 29.1 Å². The van der Waals surface area contributed by atoms with E-state index in [0.717, 1.165) is 0 Å². The number of aromatic nitrogens is 2. The van der Waals surface area contributed by atoms with E-state index in [-0.39, 0.29) is 18.8 Å². The molecule has 0 aromatic carbocycles. The van der Waals surface area contributed by atoms with Crippen LogP contribution in [0.25, 0.3) is 0 Å². The van der Waals surface area contributed by atoms with Gasteiger partial charge in [-0.15, -0.1) is 0 Å². The molecule has 5 atom stereocenters. The molecule has 13 nitrogen and oxygen atoms in total. The number of thioether (sulfide) groups is 1. The van der Waals surface area contributed by atoms with Crippen LogP contribution in [0.1, 0.15) is 45.2 Å². The largest absolute Gasteiger partial charge is 0.481 e. The van der Waals surface area contributed by atoms with Crippen molar-refractivity contribution in [2.75, 3.05) is 12.0 Å². The second-order valence-corrected chi connectivity index (χ2v) is 9.42. The molecular formula is C22H36N6O7S. The average Bonchev–Trinajstić information content (AvgIpc) is 3.35. The van der Waals surface area contributed by atoms with Crippen LogP contribution in [0.4, 0.5) is 0 Å². The van der Waals surface area contributed by atoms with Gasteiger partial charge in [0.15, 0.2) is 0 Å². The number of carbonyl (C=O) groups excluding carboxylic acids is 3. The van der Waals surface area contributed by atoms with E-state index in [1.807, 2.05) is 13.2 Å². The number of aliphatic carboxylic acids is 2. The Balaban J connectivity index is 3.01. The number of carbonyl (C=O) groups is 5. The Kier molecular flexibility index (Phi) is 13.5. The molecule has 0 spiro atoms. The van der Waals surface area contributed by atoms with Gasteiger partial charge in [-0.1, -0.05) is 20.3 Å². The number of nitrogens with two attached hydrogens (primary N) is 1. The maximum absolute atomic E-state index is 13.1. The van der Waals surface area contributed by atoms with Gasteiger partial charge in [0.2, 0.25) is 17.7 Å². The van der Waals surface area contributed by atoms with Gasteiger partial charge in [-0.2, -0.15) is 11.8 Å². The number of nitrogens with zero attached hydrogens (tertiary/aromatic N) is 1. The molecule has 202 valence electrons. The molecule has 8 N–H and O–H groups in total. The van der Waals surface area contributed by atoms with Gasteiger partial charge in [-0.25, -0.2) is 9.78 Å². The summed E-state index contributed by atoms with van der Waals surface area (Å²) in [4.78, 5) is 67.9. The zero-order valence-corrected chi connectivity index (χ0v) is 21.5. The van der Waals surface area contributed by atoms with Crippen molar-refractivity contribution in [3.8, 4) is 0 Å². The molecule has 0 fully saturated rings. The van der Waals surface area contributed by atoms with Crippen molar-refractivity contribution in [1.82, 2.24) is 25.9 Å². The zero-order chi connectivity index (χ0) is 27.3. The first-order valence-corrected chi connectivity index (χ1v) is 13.0. The second kappa shape index (κ2) is 15.8. The summed E-state index contributed by atoms with van der Waals surface area (Å²) in [5.41, 5.74) is 6.38. The fourth-order valence-corrected chi connectivity index (χ4v) is 3.71. The Morgan fingerprint density at radius 1 is 1.06 bits per heavy atom. The molecule has 0 aliphatic heterocycles. The minimum atomic E-state index is -1.35. The molecule has 0 saturated heterocycles. The molecule has 0 bridgehead atoms. The van der Waals surface area contributed by atoms with Crippen LogP contribution in [0.15, 0.2) is 12.5 Å². The molecular weight excluding hydrogens is 492 g/mol. The Labute approximate surface area is 213 Å². The lowest BCUT2D eigenvalue weighted by Crippen LogP contribution is -2.58. The molecule has 5 unspecified atom stereocenters. The molecule has 3 amide bonds. The summed E-state index contributed by atoms with van der Waals surface area (Å²) in [7, 11) is 0. The van der Waals surface area contributed by atoms with Gasteiger partial charge in [-0.05, 0) is 30.8 Å². The van der Waals surface area contributed by atoms with Crippen molar-refractivity contribution in [2.24, 2.45) is 11.7 Å². The minimum absolute atomic E-state index is 0.0971. The fraction of sp³-hybridized carbons (Fsp3) is 0.636. The standard InChI is InChI=1S/C22H36N6O7S/c1-4-12(2)18(28-19(31)14(23)7-8-36-3)21(33)26-15(5-6-17(29)30)20(32)27-16(22(34)35)9-13-10-24-11-25-13/h10-12,14-16,18H,4-9,23H2,1-3H3,(H,24,25)(H,26,33)(H,27,32)(H,28,31)(H,29,30)(H,34,35). The summed E-state index contributed by atoms with van der Waals surface area (Å²) in [6.45, 7) is 3.57. The number of carboxylic acids is 2. The summed E-state index contributed by atoms with van der Waals surface area (Å²) < 4.78 is 0. The predicted molar refractivity (Wildman–Crippen MR) is 133 cm³/mol. The number of rotatable bonds is 17. The number of aromatic amines is 1. The molecule has 0 radical (unpaired) electrons. The van der Waals surface area contributed by atoms with Gasteiger partial charge in [-0.3, -0.25) is 19.2 Å². The number of imidazole rings is 1. The van der Waals surface area contributed by atoms with E-state index in [1.54, 1.807) is 6.92 Å². The van der Waals surface area contributed by atoms with Crippen LogP contribution < -0.4 is 21.7 Å². The van der Waals surface area contributed by atoms with Crippen LogP contribution in [-0.2, 0) is 30.4 Å². The minimum Gasteiger partial charge on any atom is -0.481 e. The highest BCUT2D eigenvalue weighted by atomic mass is 32.2. The number of H-pyrrole nitrogens is 1. The van der Waals surface area contributed by atoms with Gasteiger partial charge in [0, 0.05) is 24.7 Å². The average molecular weight is 529 g/mol. The molecule has 1 aromatic rings. The summed E-state index contributed by atoms with van der Waals surface area (Å²) in [6, 6.07) is -4.53. The second-order valence-electron chi connectivity index (χ2n) is 8.43. The van der Waals surface area contributed by atoms with Crippen LogP contribution in [0.2, 0.25) is 0 Å². The molecule has 1 aromatic heterocycles. The Morgan fingerprint density at radius 3 is 2.25 bits per heavy atom. The third-order valence-corrected chi connectivity index (χ3v) is 6.28. The maximum atomic E-state index is 13.1. The van der Waals surface area contributed by atoms with E-state index >= 15 is 0 Å². The number of hydrogen-bond donors (Lipinski definition) is 7. The molecule has 0 aliphatic rings. The molecule has 0 saturated carbocycles. The summed E-state index contributed by atoms with van der Waals surface area (Å²) >= 11 is 1.53. The van der Waals surface area contributed by atoms with E-state index < -0.39 is 60.2 Å². The molecule has 36 heavy (non-hydrogen) atoms. The first kappa shape index (κ1) is 30.9. The third-order valence-electron chi connectivity index (χ3n) is 5.64. The van der Waals surface area contributed by atoms with E-state index in [2.05, 4.69) is 25.9 Å². The monoisotopic (exact) mass is 528 g/mol. The van der Waals surface area contributed by atoms with Crippen LogP contribution in [0.5, 0.6) is 0 Å². The Hall–Kier alpha value is -3.13. The van der Waals surface area contributed by atoms with Gasteiger partial charge >= 0.3 is 11.9 Å². The van der Waals surface area contributed by atoms with Crippen LogP contribution in [0, 0.1) is 5.92 Å². The quantitative estimate of drug-likeness (QED) is 0.137. The third kappa shape index (κ3) is 10.6. The van der Waals surface area contributed by atoms with Crippen LogP contribution >= 0.6 is 11.8 Å². The van der Waals surface area contributed by atoms with Crippen LogP contribution in [0.3, 0.4) is 0 Å². The van der Waals surface area contributed by atoms with Crippen molar-refractivity contribution in [2.45, 2.75) is 70.1 Å². The summed E-state index contributed by atoms with van der Waals surface area (Å²) in [5.74, 6) is -4.23. The van der Waals surface area contributed by atoms with Crippen molar-refractivity contribution in [3.63, 3.8) is 0 Å². The SMILES string of the molecule is CCC(C)C(NC(=O)C(N)CCSC)C(=O)NC(CCC(=O)O)C(=O)NC(Cc1cnc[nH]1)C(=O)O. The topological polar surface area (TPSA) is 217 Å². The lowest BCUT2D eigenvalue weighted by molar-refractivity contribution is -0.143.